The molecule has 1 heterocycles. The van der Waals surface area contributed by atoms with E-state index in [1.165, 1.54) is 19.4 Å². The molecule has 0 saturated carbocycles. The predicted molar refractivity (Wildman–Crippen MR) is 79.0 cm³/mol. The van der Waals surface area contributed by atoms with E-state index in [4.69, 9.17) is 5.73 Å². The molecular formula is C14H30N4O. The zero-order valence-corrected chi connectivity index (χ0v) is 13.1. The summed E-state index contributed by atoms with van der Waals surface area (Å²) < 4.78 is 0. The van der Waals surface area contributed by atoms with E-state index >= 15 is 0 Å². The largest absolute Gasteiger partial charge is 0.368 e. The van der Waals surface area contributed by atoms with Crippen molar-refractivity contribution in [3.63, 3.8) is 0 Å². The molecule has 0 bridgehead atoms. The summed E-state index contributed by atoms with van der Waals surface area (Å²) in [7, 11) is 6.13. The molecule has 1 fully saturated rings. The van der Waals surface area contributed by atoms with Gasteiger partial charge in [-0.05, 0) is 60.8 Å². The maximum atomic E-state index is 11.6. The van der Waals surface area contributed by atoms with Crippen LogP contribution in [0, 0.1) is 0 Å². The van der Waals surface area contributed by atoms with E-state index in [1.54, 1.807) is 7.05 Å². The highest BCUT2D eigenvalue weighted by Gasteiger charge is 2.34. The Balaban J connectivity index is 2.61. The second-order valence-electron chi connectivity index (χ2n) is 6.22. The molecule has 19 heavy (non-hydrogen) atoms. The number of likely N-dealkylation sites (tertiary alicyclic amines) is 1. The van der Waals surface area contributed by atoms with Crippen molar-refractivity contribution in [2.24, 2.45) is 5.73 Å². The first-order valence-electron chi connectivity index (χ1n) is 7.19. The summed E-state index contributed by atoms with van der Waals surface area (Å²) in [6.07, 6.45) is 3.21. The van der Waals surface area contributed by atoms with Crippen LogP contribution in [0.3, 0.4) is 0 Å². The maximum absolute atomic E-state index is 11.6. The fourth-order valence-corrected chi connectivity index (χ4v) is 2.89. The van der Waals surface area contributed by atoms with Crippen LogP contribution in [-0.4, -0.2) is 67.6 Å². The molecule has 1 aliphatic heterocycles. The zero-order chi connectivity index (χ0) is 14.6. The van der Waals surface area contributed by atoms with E-state index < -0.39 is 5.54 Å². The Labute approximate surface area is 117 Å². The van der Waals surface area contributed by atoms with E-state index in [0.717, 1.165) is 13.0 Å². The van der Waals surface area contributed by atoms with Crippen molar-refractivity contribution in [2.45, 2.75) is 50.7 Å². The highest BCUT2D eigenvalue weighted by molar-refractivity contribution is 5.84. The number of likely N-dealkylation sites (N-methyl/N-ethyl adjacent to an activating group) is 3. The van der Waals surface area contributed by atoms with E-state index in [2.05, 4.69) is 36.1 Å². The van der Waals surface area contributed by atoms with Gasteiger partial charge in [-0.25, -0.2) is 0 Å². The zero-order valence-electron chi connectivity index (χ0n) is 13.1. The van der Waals surface area contributed by atoms with Crippen molar-refractivity contribution in [3.05, 3.63) is 0 Å². The first-order valence-corrected chi connectivity index (χ1v) is 7.19. The van der Waals surface area contributed by atoms with Gasteiger partial charge in [0.2, 0.25) is 5.91 Å². The molecule has 0 spiro atoms. The van der Waals surface area contributed by atoms with Gasteiger partial charge in [-0.1, -0.05) is 0 Å². The van der Waals surface area contributed by atoms with E-state index in [0.29, 0.717) is 12.1 Å². The van der Waals surface area contributed by atoms with E-state index in [-0.39, 0.29) is 5.91 Å². The number of carbonyl (C=O) groups excluding carboxylic acids is 1. The first kappa shape index (κ1) is 16.4. The number of amides is 1. The Morgan fingerprint density at radius 2 is 2.26 bits per heavy atom. The molecule has 112 valence electrons. The third kappa shape index (κ3) is 4.16. The minimum Gasteiger partial charge on any atom is -0.368 e. The van der Waals surface area contributed by atoms with Crippen LogP contribution in [0.25, 0.3) is 0 Å². The summed E-state index contributed by atoms with van der Waals surface area (Å²) in [5.74, 6) is -0.281. The van der Waals surface area contributed by atoms with Crippen LogP contribution >= 0.6 is 0 Å². The number of primary amides is 1. The lowest BCUT2D eigenvalue weighted by atomic mass is 9.91. The van der Waals surface area contributed by atoms with Gasteiger partial charge in [0, 0.05) is 18.6 Å². The van der Waals surface area contributed by atoms with E-state index in [1.807, 2.05) is 6.92 Å². The molecule has 3 N–H and O–H groups in total. The van der Waals surface area contributed by atoms with Gasteiger partial charge in [0.1, 0.15) is 0 Å². The van der Waals surface area contributed by atoms with Crippen molar-refractivity contribution < 1.29 is 4.79 Å². The number of rotatable bonds is 6. The van der Waals surface area contributed by atoms with Crippen LogP contribution in [0.1, 0.15) is 33.1 Å². The van der Waals surface area contributed by atoms with Crippen LogP contribution < -0.4 is 11.1 Å². The highest BCUT2D eigenvalue weighted by Crippen LogP contribution is 2.20. The molecule has 0 aromatic heterocycles. The number of nitrogens with one attached hydrogen (secondary N) is 1. The predicted octanol–water partition coefficient (Wildman–Crippen LogP) is 0.254. The lowest BCUT2D eigenvalue weighted by Gasteiger charge is -2.41. The Bertz CT molecular complexity index is 310. The number of nitrogens with two attached hydrogens (primary N) is 1. The Morgan fingerprint density at radius 1 is 1.63 bits per heavy atom. The van der Waals surface area contributed by atoms with Crippen molar-refractivity contribution in [1.82, 2.24) is 15.1 Å². The van der Waals surface area contributed by atoms with Crippen molar-refractivity contribution in [3.8, 4) is 0 Å². The molecular weight excluding hydrogens is 240 g/mol. The van der Waals surface area contributed by atoms with Crippen molar-refractivity contribution >= 4 is 5.91 Å². The molecule has 5 nitrogen and oxygen atoms in total. The lowest BCUT2D eigenvalue weighted by Crippen LogP contribution is -2.56. The van der Waals surface area contributed by atoms with Crippen LogP contribution in [0.5, 0.6) is 0 Å². The molecule has 5 heteroatoms. The smallest absolute Gasteiger partial charge is 0.237 e. The Hall–Kier alpha value is -0.650. The van der Waals surface area contributed by atoms with Gasteiger partial charge >= 0.3 is 0 Å². The summed E-state index contributed by atoms with van der Waals surface area (Å²) >= 11 is 0. The number of nitrogens with zero attached hydrogens (tertiary/aromatic N) is 2. The minimum atomic E-state index is -0.631. The first-order chi connectivity index (χ1) is 8.80. The van der Waals surface area contributed by atoms with Crippen LogP contribution in [0.15, 0.2) is 0 Å². The van der Waals surface area contributed by atoms with Gasteiger partial charge in [-0.3, -0.25) is 9.69 Å². The molecule has 3 atom stereocenters. The number of hydrogen-bond donors (Lipinski definition) is 2. The van der Waals surface area contributed by atoms with Crippen LogP contribution in [0.2, 0.25) is 0 Å². The number of piperidine rings is 1. The Morgan fingerprint density at radius 3 is 2.74 bits per heavy atom. The molecule has 1 saturated heterocycles. The quantitative estimate of drug-likeness (QED) is 0.726. The van der Waals surface area contributed by atoms with Crippen molar-refractivity contribution in [1.29, 1.82) is 0 Å². The van der Waals surface area contributed by atoms with Gasteiger partial charge in [-0.2, -0.15) is 0 Å². The fraction of sp³-hybridized carbons (Fsp3) is 0.929. The number of hydrogen-bond acceptors (Lipinski definition) is 4. The topological polar surface area (TPSA) is 61.6 Å². The molecule has 0 aromatic rings. The third-order valence-electron chi connectivity index (χ3n) is 4.67. The monoisotopic (exact) mass is 270 g/mol. The van der Waals surface area contributed by atoms with Gasteiger partial charge in [0.25, 0.3) is 0 Å². The van der Waals surface area contributed by atoms with Crippen LogP contribution in [-0.2, 0) is 4.79 Å². The summed E-state index contributed by atoms with van der Waals surface area (Å²) in [5.41, 5.74) is 4.87. The summed E-state index contributed by atoms with van der Waals surface area (Å²) in [4.78, 5) is 16.3. The molecule has 0 aliphatic carbocycles. The fourth-order valence-electron chi connectivity index (χ4n) is 2.89. The minimum absolute atomic E-state index is 0.281. The normalized spacial score (nSPS) is 26.1. The molecule has 0 radical (unpaired) electrons. The molecule has 0 aromatic carbocycles. The second-order valence-corrected chi connectivity index (χ2v) is 6.22. The summed E-state index contributed by atoms with van der Waals surface area (Å²) in [5, 5.41) is 3.06. The average molecular weight is 270 g/mol. The third-order valence-corrected chi connectivity index (χ3v) is 4.67. The maximum Gasteiger partial charge on any atom is 0.237 e. The molecule has 3 unspecified atom stereocenters. The molecule has 1 amide bonds. The standard InChI is InChI=1S/C14H30N4O/c1-11(9-14(2,16-3)13(15)19)18(5)12-7-6-8-17(4)10-12/h11-12,16H,6-10H2,1-5H3,(H2,15,19). The Kier molecular flexibility index (Phi) is 5.77. The van der Waals surface area contributed by atoms with Gasteiger partial charge < -0.3 is 16.0 Å². The van der Waals surface area contributed by atoms with Gasteiger partial charge in [0.05, 0.1) is 5.54 Å². The summed E-state index contributed by atoms with van der Waals surface area (Å²) in [6, 6.07) is 0.893. The van der Waals surface area contributed by atoms with E-state index in [9.17, 15) is 4.79 Å². The summed E-state index contributed by atoms with van der Waals surface area (Å²) in [6.45, 7) is 6.35. The lowest BCUT2D eigenvalue weighted by molar-refractivity contribution is -0.124. The van der Waals surface area contributed by atoms with Crippen molar-refractivity contribution in [2.75, 3.05) is 34.2 Å². The average Bonchev–Trinajstić information content (AvgIpc) is 2.37. The van der Waals surface area contributed by atoms with Gasteiger partial charge in [0.15, 0.2) is 0 Å². The molecule has 1 aliphatic rings. The number of carbonyl (C=O) groups is 1. The van der Waals surface area contributed by atoms with Crippen LogP contribution in [0.4, 0.5) is 0 Å². The SMILES string of the molecule is CNC(C)(CC(C)N(C)C1CCCN(C)C1)C(N)=O. The molecule has 1 rings (SSSR count). The second kappa shape index (κ2) is 6.68. The highest BCUT2D eigenvalue weighted by atomic mass is 16.1. The van der Waals surface area contributed by atoms with Gasteiger partial charge in [-0.15, -0.1) is 0 Å².